The van der Waals surface area contributed by atoms with Gasteiger partial charge in [-0.15, -0.1) is 0 Å². The molecule has 1 unspecified atom stereocenters. The number of fused-ring (bicyclic) bond motifs is 1. The Morgan fingerprint density at radius 2 is 1.77 bits per heavy atom. The number of nitrogen functional groups attached to an aromatic ring is 1. The maximum atomic E-state index is 13.5. The van der Waals surface area contributed by atoms with Crippen molar-refractivity contribution in [2.45, 2.75) is 38.7 Å². The number of benzene rings is 3. The first kappa shape index (κ1) is 27.7. The molecule has 0 fully saturated rings. The van der Waals surface area contributed by atoms with Gasteiger partial charge in [0.25, 0.3) is 5.91 Å². The van der Waals surface area contributed by atoms with E-state index in [4.69, 9.17) is 15.2 Å². The number of amides is 1. The fourth-order valence-electron chi connectivity index (χ4n) is 4.12. The number of hydrogen-bond acceptors (Lipinski definition) is 8. The van der Waals surface area contributed by atoms with Crippen molar-refractivity contribution in [3.63, 3.8) is 0 Å². The van der Waals surface area contributed by atoms with Gasteiger partial charge >= 0.3 is 0 Å². The first-order valence-corrected chi connectivity index (χ1v) is 14.2. The molecule has 0 radical (unpaired) electrons. The van der Waals surface area contributed by atoms with Crippen molar-refractivity contribution in [1.82, 2.24) is 9.71 Å². The van der Waals surface area contributed by atoms with Crippen molar-refractivity contribution < 1.29 is 22.7 Å². The summed E-state index contributed by atoms with van der Waals surface area (Å²) in [5.74, 6) is 0.301. The monoisotopic (exact) mass is 548 g/mol. The summed E-state index contributed by atoms with van der Waals surface area (Å²) in [6, 6.07) is 19.9. The lowest BCUT2D eigenvalue weighted by Gasteiger charge is -2.22. The minimum Gasteiger partial charge on any atom is -0.490 e. The molecule has 0 aliphatic heterocycles. The number of ether oxygens (including phenoxy) is 2. The predicted molar refractivity (Wildman–Crippen MR) is 153 cm³/mol. The Bertz CT molecular complexity index is 1560. The Morgan fingerprint density at radius 3 is 2.49 bits per heavy atom. The number of carbonyl (C=O) groups excluding carboxylic acids is 1. The van der Waals surface area contributed by atoms with Gasteiger partial charge in [0, 0.05) is 17.3 Å². The molecule has 1 heterocycles. The van der Waals surface area contributed by atoms with Crippen LogP contribution in [0.2, 0.25) is 0 Å². The molecule has 0 saturated heterocycles. The van der Waals surface area contributed by atoms with Gasteiger partial charge in [-0.05, 0) is 73.7 Å². The Balaban J connectivity index is 1.70. The highest BCUT2D eigenvalue weighted by Crippen LogP contribution is 2.33. The van der Waals surface area contributed by atoms with Crippen LogP contribution in [0.25, 0.3) is 10.8 Å². The van der Waals surface area contributed by atoms with E-state index in [0.717, 1.165) is 10.8 Å². The van der Waals surface area contributed by atoms with Crippen molar-refractivity contribution >= 4 is 38.2 Å². The molecule has 3 aromatic carbocycles. The highest BCUT2D eigenvalue weighted by atomic mass is 32.2. The van der Waals surface area contributed by atoms with Crippen LogP contribution in [0.5, 0.6) is 11.5 Å². The summed E-state index contributed by atoms with van der Waals surface area (Å²) in [5.41, 5.74) is 7.64. The number of nitrogens with one attached hydrogen (secondary N) is 2. The SMILES string of the molecule is CCOc1cc(C(Nc2ccc3c(N)nccc3c2)C(=O)NS(=O)(=O)Cc2ccccc2)ccc1OC(C)C. The van der Waals surface area contributed by atoms with Gasteiger partial charge in [-0.2, -0.15) is 0 Å². The topological polar surface area (TPSA) is 133 Å². The zero-order valence-corrected chi connectivity index (χ0v) is 22.9. The predicted octanol–water partition coefficient (Wildman–Crippen LogP) is 4.80. The van der Waals surface area contributed by atoms with Crippen LogP contribution in [0.1, 0.15) is 37.9 Å². The molecule has 0 aliphatic carbocycles. The van der Waals surface area contributed by atoms with E-state index in [1.807, 2.05) is 32.9 Å². The molecule has 39 heavy (non-hydrogen) atoms. The highest BCUT2D eigenvalue weighted by molar-refractivity contribution is 7.89. The highest BCUT2D eigenvalue weighted by Gasteiger charge is 2.27. The Hall–Kier alpha value is -4.31. The second-order valence-electron chi connectivity index (χ2n) is 9.23. The van der Waals surface area contributed by atoms with Gasteiger partial charge in [0.15, 0.2) is 11.5 Å². The van der Waals surface area contributed by atoms with E-state index in [0.29, 0.717) is 40.7 Å². The molecule has 204 valence electrons. The van der Waals surface area contributed by atoms with Crippen molar-refractivity contribution in [3.8, 4) is 11.5 Å². The summed E-state index contributed by atoms with van der Waals surface area (Å²) < 4.78 is 39.7. The zero-order chi connectivity index (χ0) is 28.0. The first-order chi connectivity index (χ1) is 18.6. The van der Waals surface area contributed by atoms with E-state index in [1.165, 1.54) is 0 Å². The Kier molecular flexibility index (Phi) is 8.55. The van der Waals surface area contributed by atoms with Crippen LogP contribution in [0.15, 0.2) is 79.0 Å². The number of carbonyl (C=O) groups is 1. The quantitative estimate of drug-likeness (QED) is 0.243. The number of aromatic nitrogens is 1. The summed E-state index contributed by atoms with van der Waals surface area (Å²) in [5, 5.41) is 4.77. The normalized spacial score (nSPS) is 12.2. The zero-order valence-electron chi connectivity index (χ0n) is 22.0. The number of nitrogens with zero attached hydrogens (tertiary/aromatic N) is 1. The van der Waals surface area contributed by atoms with Gasteiger partial charge in [-0.25, -0.2) is 13.4 Å². The molecule has 9 nitrogen and oxygen atoms in total. The van der Waals surface area contributed by atoms with E-state index < -0.39 is 22.0 Å². The van der Waals surface area contributed by atoms with Gasteiger partial charge in [0.05, 0.1) is 18.5 Å². The number of anilines is 2. The summed E-state index contributed by atoms with van der Waals surface area (Å²) in [6.07, 6.45) is 1.51. The number of sulfonamides is 1. The summed E-state index contributed by atoms with van der Waals surface area (Å²) in [4.78, 5) is 17.7. The first-order valence-electron chi connectivity index (χ1n) is 12.6. The molecule has 1 aromatic heterocycles. The molecule has 1 amide bonds. The molecule has 1 atom stereocenters. The van der Waals surface area contributed by atoms with Crippen molar-refractivity contribution in [1.29, 1.82) is 0 Å². The molecule has 0 bridgehead atoms. The van der Waals surface area contributed by atoms with Crippen molar-refractivity contribution in [3.05, 3.63) is 90.1 Å². The third kappa shape index (κ3) is 7.17. The van der Waals surface area contributed by atoms with Crippen LogP contribution in [-0.2, 0) is 20.6 Å². The maximum Gasteiger partial charge on any atom is 0.260 e. The third-order valence-corrected chi connectivity index (χ3v) is 7.01. The van der Waals surface area contributed by atoms with Gasteiger partial charge in [0.2, 0.25) is 10.0 Å². The fraction of sp³-hybridized carbons (Fsp3) is 0.241. The molecule has 4 aromatic rings. The average molecular weight is 549 g/mol. The molecule has 10 heteroatoms. The second-order valence-corrected chi connectivity index (χ2v) is 10.9. The van der Waals surface area contributed by atoms with E-state index in [2.05, 4.69) is 15.0 Å². The molecule has 0 spiro atoms. The lowest BCUT2D eigenvalue weighted by atomic mass is 10.0. The van der Waals surface area contributed by atoms with E-state index in [9.17, 15) is 13.2 Å². The van der Waals surface area contributed by atoms with Gasteiger partial charge < -0.3 is 20.5 Å². The fourth-order valence-corrected chi connectivity index (χ4v) is 5.25. The standard InChI is InChI=1S/C29H32N4O5S/c1-4-37-26-17-22(10-13-25(26)38-19(2)3)27(29(34)33-39(35,36)18-20-8-6-5-7-9-20)32-23-11-12-24-21(16-23)14-15-31-28(24)30/h5-17,19,27,32H,4,18H2,1-3H3,(H2,30,31)(H,33,34). The Labute approximate surface area is 228 Å². The van der Waals surface area contributed by atoms with Crippen LogP contribution in [0, 0.1) is 0 Å². The Morgan fingerprint density at radius 1 is 1.00 bits per heavy atom. The number of nitrogens with two attached hydrogens (primary N) is 1. The minimum absolute atomic E-state index is 0.0880. The lowest BCUT2D eigenvalue weighted by molar-refractivity contribution is -0.120. The van der Waals surface area contributed by atoms with Gasteiger partial charge in [0.1, 0.15) is 11.9 Å². The largest absolute Gasteiger partial charge is 0.490 e. The summed E-state index contributed by atoms with van der Waals surface area (Å²) in [7, 11) is -3.98. The molecule has 0 aliphatic rings. The second kappa shape index (κ2) is 12.0. The molecule has 0 saturated carbocycles. The molecule has 4 rings (SSSR count). The summed E-state index contributed by atoms with van der Waals surface area (Å²) in [6.45, 7) is 6.04. The molecule has 4 N–H and O–H groups in total. The number of hydrogen-bond donors (Lipinski definition) is 3. The van der Waals surface area contributed by atoms with Gasteiger partial charge in [-0.3, -0.25) is 9.52 Å². The average Bonchev–Trinajstić information content (AvgIpc) is 2.88. The van der Waals surface area contributed by atoms with E-state index >= 15 is 0 Å². The van der Waals surface area contributed by atoms with Crippen LogP contribution >= 0.6 is 0 Å². The van der Waals surface area contributed by atoms with E-state index in [-0.39, 0.29) is 11.9 Å². The third-order valence-electron chi connectivity index (χ3n) is 5.79. The molecular formula is C29H32N4O5S. The minimum atomic E-state index is -3.98. The van der Waals surface area contributed by atoms with Crippen molar-refractivity contribution in [2.24, 2.45) is 0 Å². The van der Waals surface area contributed by atoms with Crippen LogP contribution in [-0.4, -0.2) is 32.0 Å². The molecular weight excluding hydrogens is 516 g/mol. The van der Waals surface area contributed by atoms with Gasteiger partial charge in [-0.1, -0.05) is 36.4 Å². The van der Waals surface area contributed by atoms with Crippen molar-refractivity contribution in [2.75, 3.05) is 17.7 Å². The van der Waals surface area contributed by atoms with Crippen LogP contribution < -0.4 is 25.2 Å². The van der Waals surface area contributed by atoms with Crippen LogP contribution in [0.4, 0.5) is 11.5 Å². The summed E-state index contributed by atoms with van der Waals surface area (Å²) >= 11 is 0. The van der Waals surface area contributed by atoms with Crippen LogP contribution in [0.3, 0.4) is 0 Å². The smallest absolute Gasteiger partial charge is 0.260 e. The number of pyridine rings is 1. The van der Waals surface area contributed by atoms with E-state index in [1.54, 1.807) is 66.9 Å². The lowest BCUT2D eigenvalue weighted by Crippen LogP contribution is -2.38. The number of rotatable bonds is 11. The maximum absolute atomic E-state index is 13.5.